The topological polar surface area (TPSA) is 38.8 Å². The number of carbonyl (C=O) groups excluding carboxylic acids is 1. The summed E-state index contributed by atoms with van der Waals surface area (Å²) < 4.78 is 11.4. The molecule has 154 valence electrons. The van der Waals surface area contributed by atoms with Crippen LogP contribution in [-0.2, 0) is 4.74 Å². The van der Waals surface area contributed by atoms with Crippen LogP contribution in [0.1, 0.15) is 89.4 Å². The van der Waals surface area contributed by atoms with Gasteiger partial charge in [-0.1, -0.05) is 53.4 Å². The van der Waals surface area contributed by atoms with Crippen LogP contribution in [0.2, 0.25) is 0 Å². The van der Waals surface area contributed by atoms with E-state index in [9.17, 15) is 4.79 Å². The molecule has 0 bridgehead atoms. The maximum Gasteiger partial charge on any atom is 0.341 e. The van der Waals surface area contributed by atoms with E-state index in [-0.39, 0.29) is 5.97 Å². The molecule has 0 aliphatic rings. The molecule has 0 aliphatic carbocycles. The zero-order chi connectivity index (χ0) is 19.9. The van der Waals surface area contributed by atoms with Crippen molar-refractivity contribution in [2.45, 2.75) is 79.1 Å². The van der Waals surface area contributed by atoms with E-state index >= 15 is 0 Å². The summed E-state index contributed by atoms with van der Waals surface area (Å²) in [6.07, 6.45) is 8.55. The third kappa shape index (κ3) is 8.68. The Kier molecular flexibility index (Phi) is 12.4. The minimum absolute atomic E-state index is 0.275. The Balaban J connectivity index is 3.03. The Hall–Kier alpha value is -1.71. The van der Waals surface area contributed by atoms with Crippen LogP contribution in [0.4, 0.5) is 5.69 Å². The molecule has 0 amide bonds. The normalized spacial score (nSPS) is 10.7. The summed E-state index contributed by atoms with van der Waals surface area (Å²) >= 11 is 0. The van der Waals surface area contributed by atoms with Crippen LogP contribution in [0.25, 0.3) is 0 Å². The highest BCUT2D eigenvalue weighted by Gasteiger charge is 2.17. The van der Waals surface area contributed by atoms with Gasteiger partial charge in [-0.15, -0.1) is 0 Å². The molecule has 0 atom stereocenters. The molecule has 0 aromatic heterocycles. The van der Waals surface area contributed by atoms with E-state index < -0.39 is 0 Å². The molecule has 0 radical (unpaired) electrons. The first-order chi connectivity index (χ1) is 13.2. The average molecular weight is 378 g/mol. The fourth-order valence-corrected chi connectivity index (χ4v) is 2.78. The van der Waals surface area contributed by atoms with Crippen LogP contribution in [-0.4, -0.2) is 32.3 Å². The zero-order valence-electron chi connectivity index (χ0n) is 17.9. The van der Waals surface area contributed by atoms with Crippen molar-refractivity contribution in [3.63, 3.8) is 0 Å². The lowest BCUT2D eigenvalue weighted by molar-refractivity contribution is 0.0495. The second-order valence-corrected chi connectivity index (χ2v) is 7.07. The van der Waals surface area contributed by atoms with E-state index in [2.05, 4.69) is 38.7 Å². The van der Waals surface area contributed by atoms with Crippen LogP contribution in [0, 0.1) is 0 Å². The lowest BCUT2D eigenvalue weighted by atomic mass is 10.1. The molecule has 27 heavy (non-hydrogen) atoms. The van der Waals surface area contributed by atoms with Gasteiger partial charge in [0.05, 0.1) is 13.2 Å². The highest BCUT2D eigenvalue weighted by Crippen LogP contribution is 2.27. The van der Waals surface area contributed by atoms with E-state index in [1.807, 2.05) is 12.1 Å². The number of hydrogen-bond donors (Lipinski definition) is 0. The second-order valence-electron chi connectivity index (χ2n) is 7.07. The molecule has 4 nitrogen and oxygen atoms in total. The Bertz CT molecular complexity index is 522. The van der Waals surface area contributed by atoms with E-state index in [0.717, 1.165) is 70.1 Å². The molecule has 4 heteroatoms. The highest BCUT2D eigenvalue weighted by atomic mass is 16.5. The molecule has 0 heterocycles. The van der Waals surface area contributed by atoms with Crippen molar-refractivity contribution in [3.05, 3.63) is 23.8 Å². The summed E-state index contributed by atoms with van der Waals surface area (Å²) in [6.45, 7) is 11.7. The maximum absolute atomic E-state index is 12.7. The molecule has 1 aromatic carbocycles. The highest BCUT2D eigenvalue weighted by molar-refractivity contribution is 5.93. The smallest absolute Gasteiger partial charge is 0.341 e. The Labute approximate surface area is 166 Å². The molecule has 0 saturated carbocycles. The van der Waals surface area contributed by atoms with Gasteiger partial charge in [0.25, 0.3) is 0 Å². The molecule has 0 aliphatic heterocycles. The van der Waals surface area contributed by atoms with E-state index in [1.165, 1.54) is 0 Å². The maximum atomic E-state index is 12.7. The largest absolute Gasteiger partial charge is 0.493 e. The van der Waals surface area contributed by atoms with Gasteiger partial charge in [0, 0.05) is 18.8 Å². The van der Waals surface area contributed by atoms with Crippen molar-refractivity contribution in [2.75, 3.05) is 31.2 Å². The number of unbranched alkanes of at least 4 members (excludes halogenated alkanes) is 4. The van der Waals surface area contributed by atoms with E-state index in [4.69, 9.17) is 9.47 Å². The molecule has 1 rings (SSSR count). The first-order valence-corrected chi connectivity index (χ1v) is 10.9. The minimum Gasteiger partial charge on any atom is -0.493 e. The number of ether oxygens (including phenoxy) is 2. The van der Waals surface area contributed by atoms with Gasteiger partial charge in [0.1, 0.15) is 11.3 Å². The first kappa shape index (κ1) is 23.3. The van der Waals surface area contributed by atoms with Gasteiger partial charge < -0.3 is 14.4 Å². The average Bonchev–Trinajstić information content (AvgIpc) is 2.68. The number of benzene rings is 1. The third-order valence-electron chi connectivity index (χ3n) is 4.60. The molecular weight excluding hydrogens is 338 g/mol. The molecule has 0 saturated heterocycles. The van der Waals surface area contributed by atoms with Crippen molar-refractivity contribution in [1.82, 2.24) is 0 Å². The fourth-order valence-electron chi connectivity index (χ4n) is 2.78. The lowest BCUT2D eigenvalue weighted by Crippen LogP contribution is -2.26. The van der Waals surface area contributed by atoms with Crippen molar-refractivity contribution >= 4 is 11.7 Å². The predicted molar refractivity (Wildman–Crippen MR) is 114 cm³/mol. The molecule has 0 unspecified atom stereocenters. The summed E-state index contributed by atoms with van der Waals surface area (Å²) in [5, 5.41) is 0. The SMILES string of the molecule is CCCCOC(=O)c1cc(N(CCCC)CCCC)ccc1OCCCC. The summed E-state index contributed by atoms with van der Waals surface area (Å²) in [5.41, 5.74) is 1.64. The van der Waals surface area contributed by atoms with Gasteiger partial charge in [-0.3, -0.25) is 0 Å². The molecule has 0 fully saturated rings. The van der Waals surface area contributed by atoms with Crippen LogP contribution in [0.15, 0.2) is 18.2 Å². The van der Waals surface area contributed by atoms with Crippen LogP contribution in [0.5, 0.6) is 5.75 Å². The van der Waals surface area contributed by atoms with Crippen LogP contribution < -0.4 is 9.64 Å². The number of nitrogens with zero attached hydrogens (tertiary/aromatic N) is 1. The van der Waals surface area contributed by atoms with Crippen molar-refractivity contribution < 1.29 is 14.3 Å². The number of rotatable bonds is 15. The van der Waals surface area contributed by atoms with Crippen LogP contribution >= 0.6 is 0 Å². The quantitative estimate of drug-likeness (QED) is 0.268. The summed E-state index contributed by atoms with van der Waals surface area (Å²) in [4.78, 5) is 15.0. The Morgan fingerprint density at radius 2 is 1.44 bits per heavy atom. The molecule has 0 N–H and O–H groups in total. The Morgan fingerprint density at radius 3 is 2.04 bits per heavy atom. The van der Waals surface area contributed by atoms with Gasteiger partial charge in [-0.2, -0.15) is 0 Å². The lowest BCUT2D eigenvalue weighted by Gasteiger charge is -2.25. The minimum atomic E-state index is -0.275. The van der Waals surface area contributed by atoms with Crippen molar-refractivity contribution in [3.8, 4) is 5.75 Å². The second kappa shape index (κ2) is 14.4. The molecule has 1 aromatic rings. The number of hydrogen-bond acceptors (Lipinski definition) is 4. The van der Waals surface area contributed by atoms with Gasteiger partial charge >= 0.3 is 5.97 Å². The summed E-state index contributed by atoms with van der Waals surface area (Å²) in [5.74, 6) is 0.363. The standard InChI is InChI=1S/C23H39NO3/c1-5-9-15-24(16-10-6-2)20-13-14-22(26-17-11-7-3)21(19-20)23(25)27-18-12-8-4/h13-14,19H,5-12,15-18H2,1-4H3. The third-order valence-corrected chi connectivity index (χ3v) is 4.60. The number of anilines is 1. The fraction of sp³-hybridized carbons (Fsp3) is 0.696. The molecule has 0 spiro atoms. The Morgan fingerprint density at radius 1 is 0.852 bits per heavy atom. The van der Waals surface area contributed by atoms with Crippen molar-refractivity contribution in [2.24, 2.45) is 0 Å². The van der Waals surface area contributed by atoms with E-state index in [1.54, 1.807) is 0 Å². The van der Waals surface area contributed by atoms with Gasteiger partial charge in [0.15, 0.2) is 0 Å². The monoisotopic (exact) mass is 377 g/mol. The summed E-state index contributed by atoms with van der Waals surface area (Å²) in [7, 11) is 0. The molecular formula is C23H39NO3. The number of esters is 1. The number of carbonyl (C=O) groups is 1. The zero-order valence-corrected chi connectivity index (χ0v) is 17.9. The van der Waals surface area contributed by atoms with Gasteiger partial charge in [-0.25, -0.2) is 4.79 Å². The van der Waals surface area contributed by atoms with E-state index in [0.29, 0.717) is 24.5 Å². The van der Waals surface area contributed by atoms with Gasteiger partial charge in [-0.05, 0) is 43.9 Å². The summed E-state index contributed by atoms with van der Waals surface area (Å²) in [6, 6.07) is 5.97. The van der Waals surface area contributed by atoms with Crippen LogP contribution in [0.3, 0.4) is 0 Å². The first-order valence-electron chi connectivity index (χ1n) is 10.9. The van der Waals surface area contributed by atoms with Crippen molar-refractivity contribution in [1.29, 1.82) is 0 Å². The van der Waals surface area contributed by atoms with Gasteiger partial charge in [0.2, 0.25) is 0 Å². The predicted octanol–water partition coefficient (Wildman–Crippen LogP) is 6.23.